The zero-order valence-corrected chi connectivity index (χ0v) is 13.9. The Labute approximate surface area is 144 Å². The van der Waals surface area contributed by atoms with Crippen LogP contribution >= 0.6 is 11.6 Å². The zero-order valence-electron chi connectivity index (χ0n) is 13.1. The van der Waals surface area contributed by atoms with E-state index in [0.29, 0.717) is 28.8 Å². The quantitative estimate of drug-likeness (QED) is 0.752. The number of aromatic nitrogens is 2. The molecule has 0 atom stereocenters. The van der Waals surface area contributed by atoms with Crippen molar-refractivity contribution < 1.29 is 9.32 Å². The maximum absolute atomic E-state index is 12.0. The van der Waals surface area contributed by atoms with E-state index in [0.717, 1.165) is 11.1 Å². The van der Waals surface area contributed by atoms with Crippen molar-refractivity contribution in [2.24, 2.45) is 0 Å². The minimum atomic E-state index is -0.132. The molecule has 0 aliphatic rings. The fraction of sp³-hybridized carbons (Fsp3) is 0.167. The first-order valence-electron chi connectivity index (χ1n) is 7.56. The van der Waals surface area contributed by atoms with Gasteiger partial charge in [-0.1, -0.05) is 47.1 Å². The molecule has 24 heavy (non-hydrogen) atoms. The number of carbonyl (C=O) groups is 1. The Morgan fingerprint density at radius 1 is 1.21 bits per heavy atom. The van der Waals surface area contributed by atoms with Crippen LogP contribution < -0.4 is 5.32 Å². The van der Waals surface area contributed by atoms with Crippen molar-refractivity contribution >= 4 is 23.2 Å². The van der Waals surface area contributed by atoms with E-state index in [9.17, 15) is 4.79 Å². The summed E-state index contributed by atoms with van der Waals surface area (Å²) in [5, 5.41) is 7.35. The third kappa shape index (κ3) is 4.00. The van der Waals surface area contributed by atoms with Crippen LogP contribution in [0.4, 0.5) is 5.69 Å². The third-order valence-electron chi connectivity index (χ3n) is 3.53. The highest BCUT2D eigenvalue weighted by atomic mass is 35.5. The van der Waals surface area contributed by atoms with E-state index in [4.69, 9.17) is 16.1 Å². The van der Waals surface area contributed by atoms with Crippen molar-refractivity contribution in [3.05, 3.63) is 65.0 Å². The Balaban J connectivity index is 1.59. The number of amides is 1. The van der Waals surface area contributed by atoms with E-state index in [2.05, 4.69) is 15.5 Å². The van der Waals surface area contributed by atoms with Gasteiger partial charge in [0.25, 0.3) is 0 Å². The lowest BCUT2D eigenvalue weighted by molar-refractivity contribution is -0.116. The number of nitrogens with zero attached hydrogens (tertiary/aromatic N) is 2. The molecule has 122 valence electrons. The first-order valence-corrected chi connectivity index (χ1v) is 7.93. The summed E-state index contributed by atoms with van der Waals surface area (Å²) in [5.41, 5.74) is 2.66. The number of halogens is 1. The largest absolute Gasteiger partial charge is 0.339 e. The van der Waals surface area contributed by atoms with E-state index in [1.54, 1.807) is 24.3 Å². The molecule has 0 saturated heterocycles. The fourth-order valence-corrected chi connectivity index (χ4v) is 2.49. The molecule has 1 heterocycles. The number of aryl methyl sites for hydroxylation is 2. The second kappa shape index (κ2) is 7.27. The molecule has 0 aliphatic carbocycles. The third-order valence-corrected chi connectivity index (χ3v) is 3.76. The van der Waals surface area contributed by atoms with Crippen LogP contribution in [0.1, 0.15) is 17.9 Å². The normalized spacial score (nSPS) is 10.6. The van der Waals surface area contributed by atoms with Crippen molar-refractivity contribution in [2.75, 3.05) is 5.32 Å². The summed E-state index contributed by atoms with van der Waals surface area (Å²) in [6, 6.07) is 14.8. The molecular formula is C18H16ClN3O2. The van der Waals surface area contributed by atoms with Crippen LogP contribution in [-0.2, 0) is 11.2 Å². The van der Waals surface area contributed by atoms with Gasteiger partial charge in [-0.25, -0.2) is 0 Å². The summed E-state index contributed by atoms with van der Waals surface area (Å²) in [5.74, 6) is 0.848. The Kier molecular flexibility index (Phi) is 4.91. The summed E-state index contributed by atoms with van der Waals surface area (Å²) in [6.45, 7) is 1.99. The van der Waals surface area contributed by atoms with Gasteiger partial charge in [-0.05, 0) is 30.7 Å². The number of anilines is 1. The molecule has 0 fully saturated rings. The Hall–Kier alpha value is -2.66. The summed E-state index contributed by atoms with van der Waals surface area (Å²) in [6.07, 6.45) is 0.632. The minimum absolute atomic E-state index is 0.132. The monoisotopic (exact) mass is 341 g/mol. The Bertz CT molecular complexity index is 861. The van der Waals surface area contributed by atoms with Gasteiger partial charge in [-0.2, -0.15) is 4.98 Å². The molecular weight excluding hydrogens is 326 g/mol. The molecule has 0 aliphatic heterocycles. The number of carbonyl (C=O) groups excluding carboxylic acids is 1. The standard InChI is InChI=1S/C18H16ClN3O2/c1-12-5-2-3-8-15(12)18-21-17(24-22-18)10-9-16(23)20-14-7-4-6-13(19)11-14/h2-8,11H,9-10H2,1H3,(H,20,23). The Morgan fingerprint density at radius 2 is 2.04 bits per heavy atom. The molecule has 0 radical (unpaired) electrons. The zero-order chi connectivity index (χ0) is 16.9. The van der Waals surface area contributed by atoms with Crippen molar-refractivity contribution in [2.45, 2.75) is 19.8 Å². The first-order chi connectivity index (χ1) is 11.6. The van der Waals surface area contributed by atoms with Gasteiger partial charge in [0.15, 0.2) is 0 Å². The molecule has 2 aromatic carbocycles. The summed E-state index contributed by atoms with van der Waals surface area (Å²) < 4.78 is 5.23. The molecule has 6 heteroatoms. The lowest BCUT2D eigenvalue weighted by atomic mass is 10.1. The SMILES string of the molecule is Cc1ccccc1-c1noc(CCC(=O)Nc2cccc(Cl)c2)n1. The average Bonchev–Trinajstić information content (AvgIpc) is 3.02. The Morgan fingerprint density at radius 3 is 2.83 bits per heavy atom. The van der Waals surface area contributed by atoms with Gasteiger partial charge in [0, 0.05) is 29.1 Å². The number of rotatable bonds is 5. The van der Waals surface area contributed by atoms with E-state index in [-0.39, 0.29) is 12.3 Å². The molecule has 3 rings (SSSR count). The van der Waals surface area contributed by atoms with E-state index in [1.807, 2.05) is 31.2 Å². The van der Waals surface area contributed by atoms with Crippen molar-refractivity contribution in [3.63, 3.8) is 0 Å². The predicted molar refractivity (Wildman–Crippen MR) is 92.9 cm³/mol. The van der Waals surface area contributed by atoms with Crippen molar-refractivity contribution in [1.82, 2.24) is 10.1 Å². The van der Waals surface area contributed by atoms with Crippen LogP contribution in [0.5, 0.6) is 0 Å². The van der Waals surface area contributed by atoms with Gasteiger partial charge in [0.05, 0.1) is 0 Å². The van der Waals surface area contributed by atoms with Crippen LogP contribution in [-0.4, -0.2) is 16.0 Å². The molecule has 1 N–H and O–H groups in total. The molecule has 0 unspecified atom stereocenters. The molecule has 1 amide bonds. The van der Waals surface area contributed by atoms with Gasteiger partial charge in [-0.15, -0.1) is 0 Å². The van der Waals surface area contributed by atoms with Gasteiger partial charge in [0.2, 0.25) is 17.6 Å². The van der Waals surface area contributed by atoms with Gasteiger partial charge in [-0.3, -0.25) is 4.79 Å². The van der Waals surface area contributed by atoms with Crippen LogP contribution in [0.15, 0.2) is 53.1 Å². The molecule has 0 spiro atoms. The van der Waals surface area contributed by atoms with Gasteiger partial charge in [0.1, 0.15) is 0 Å². The lowest BCUT2D eigenvalue weighted by Gasteiger charge is -2.04. The maximum Gasteiger partial charge on any atom is 0.227 e. The highest BCUT2D eigenvalue weighted by molar-refractivity contribution is 6.30. The molecule has 1 aromatic heterocycles. The van der Waals surface area contributed by atoms with E-state index in [1.165, 1.54) is 0 Å². The summed E-state index contributed by atoms with van der Waals surface area (Å²) in [7, 11) is 0. The van der Waals surface area contributed by atoms with Crippen molar-refractivity contribution in [3.8, 4) is 11.4 Å². The van der Waals surface area contributed by atoms with E-state index >= 15 is 0 Å². The van der Waals surface area contributed by atoms with Crippen molar-refractivity contribution in [1.29, 1.82) is 0 Å². The van der Waals surface area contributed by atoms with Crippen LogP contribution in [0, 0.1) is 6.92 Å². The van der Waals surface area contributed by atoms with Crippen LogP contribution in [0.25, 0.3) is 11.4 Å². The highest BCUT2D eigenvalue weighted by Gasteiger charge is 2.12. The molecule has 5 nitrogen and oxygen atoms in total. The molecule has 0 saturated carbocycles. The summed E-state index contributed by atoms with van der Waals surface area (Å²) in [4.78, 5) is 16.3. The van der Waals surface area contributed by atoms with Crippen LogP contribution in [0.2, 0.25) is 5.02 Å². The second-order valence-corrected chi connectivity index (χ2v) is 5.82. The minimum Gasteiger partial charge on any atom is -0.339 e. The van der Waals surface area contributed by atoms with Gasteiger partial charge >= 0.3 is 0 Å². The van der Waals surface area contributed by atoms with Crippen LogP contribution in [0.3, 0.4) is 0 Å². The topological polar surface area (TPSA) is 68.0 Å². The predicted octanol–water partition coefficient (Wildman–Crippen LogP) is 4.27. The molecule has 3 aromatic rings. The summed E-state index contributed by atoms with van der Waals surface area (Å²) >= 11 is 5.89. The molecule has 0 bridgehead atoms. The number of hydrogen-bond donors (Lipinski definition) is 1. The van der Waals surface area contributed by atoms with E-state index < -0.39 is 0 Å². The lowest BCUT2D eigenvalue weighted by Crippen LogP contribution is -2.12. The first kappa shape index (κ1) is 16.2. The fourth-order valence-electron chi connectivity index (χ4n) is 2.30. The number of nitrogens with one attached hydrogen (secondary N) is 1. The smallest absolute Gasteiger partial charge is 0.227 e. The van der Waals surface area contributed by atoms with Gasteiger partial charge < -0.3 is 9.84 Å². The number of hydrogen-bond acceptors (Lipinski definition) is 4. The highest BCUT2D eigenvalue weighted by Crippen LogP contribution is 2.20. The number of benzene rings is 2. The maximum atomic E-state index is 12.0. The second-order valence-electron chi connectivity index (χ2n) is 5.39. The average molecular weight is 342 g/mol.